The minimum atomic E-state index is -0.242. The Morgan fingerprint density at radius 1 is 1.17 bits per heavy atom. The summed E-state index contributed by atoms with van der Waals surface area (Å²) in [6, 6.07) is 5.52. The van der Waals surface area contributed by atoms with Crippen molar-refractivity contribution in [2.45, 2.75) is 51.4 Å². The van der Waals surface area contributed by atoms with Crippen LogP contribution in [0, 0.1) is 23.6 Å². The summed E-state index contributed by atoms with van der Waals surface area (Å²) in [4.78, 5) is 0. The summed E-state index contributed by atoms with van der Waals surface area (Å²) in [6.45, 7) is 6.07. The van der Waals surface area contributed by atoms with Crippen LogP contribution in [0.1, 0.15) is 56.9 Å². The molecule has 0 N–H and O–H groups in total. The first-order valence-electron chi connectivity index (χ1n) is 9.37. The van der Waals surface area contributed by atoms with Crippen molar-refractivity contribution in [2.24, 2.45) is 17.8 Å². The van der Waals surface area contributed by atoms with Gasteiger partial charge in [-0.1, -0.05) is 30.9 Å². The first-order valence-corrected chi connectivity index (χ1v) is 9.37. The Bertz CT molecular complexity index is 592. The first-order chi connectivity index (χ1) is 11.7. The van der Waals surface area contributed by atoms with Crippen LogP contribution in [0.3, 0.4) is 0 Å². The fraction of sp³-hybridized carbons (Fsp3) is 0.545. The maximum atomic E-state index is 14.2. The van der Waals surface area contributed by atoms with E-state index in [2.05, 4.69) is 31.7 Å². The van der Waals surface area contributed by atoms with Crippen molar-refractivity contribution < 1.29 is 9.13 Å². The van der Waals surface area contributed by atoms with Gasteiger partial charge in [-0.15, -0.1) is 0 Å². The third-order valence-electron chi connectivity index (χ3n) is 5.90. The number of benzene rings is 1. The van der Waals surface area contributed by atoms with Gasteiger partial charge in [0, 0.05) is 0 Å². The topological polar surface area (TPSA) is 9.23 Å². The maximum absolute atomic E-state index is 14.2. The SMILES string of the molecule is C=CCOc1ccc(C2CC[C@@H]3C[C@H](C=CC)CC[C@@H]3C2)cc1F. The number of allylic oxidation sites excluding steroid dienone is 2. The average molecular weight is 328 g/mol. The largest absolute Gasteiger partial charge is 0.486 e. The van der Waals surface area contributed by atoms with Gasteiger partial charge in [-0.05, 0) is 86.8 Å². The molecule has 1 unspecified atom stereocenters. The Hall–Kier alpha value is -1.57. The van der Waals surface area contributed by atoms with Gasteiger partial charge in [0.2, 0.25) is 0 Å². The molecule has 0 amide bonds. The molecule has 4 atom stereocenters. The fourth-order valence-electron chi connectivity index (χ4n) is 4.71. The Kier molecular flexibility index (Phi) is 5.76. The summed E-state index contributed by atoms with van der Waals surface area (Å²) in [7, 11) is 0. The van der Waals surface area contributed by atoms with E-state index in [1.165, 1.54) is 38.5 Å². The van der Waals surface area contributed by atoms with E-state index < -0.39 is 0 Å². The van der Waals surface area contributed by atoms with Gasteiger partial charge in [-0.2, -0.15) is 0 Å². The number of rotatable bonds is 5. The highest BCUT2D eigenvalue weighted by atomic mass is 19.1. The molecular formula is C22H29FO. The highest BCUT2D eigenvalue weighted by molar-refractivity contribution is 5.32. The van der Waals surface area contributed by atoms with Gasteiger partial charge in [0.05, 0.1) is 0 Å². The third-order valence-corrected chi connectivity index (χ3v) is 5.90. The molecule has 0 spiro atoms. The Morgan fingerprint density at radius 3 is 2.71 bits per heavy atom. The van der Waals surface area contributed by atoms with E-state index in [4.69, 9.17) is 4.74 Å². The number of ether oxygens (including phenoxy) is 1. The highest BCUT2D eigenvalue weighted by Crippen LogP contribution is 2.48. The van der Waals surface area contributed by atoms with Crippen LogP contribution in [0.4, 0.5) is 4.39 Å². The summed E-state index contributed by atoms with van der Waals surface area (Å²) in [5.74, 6) is 3.08. The van der Waals surface area contributed by atoms with Crippen LogP contribution in [-0.4, -0.2) is 6.61 Å². The van der Waals surface area contributed by atoms with Crippen LogP contribution in [0.5, 0.6) is 5.75 Å². The molecule has 2 aliphatic carbocycles. The summed E-state index contributed by atoms with van der Waals surface area (Å²) < 4.78 is 19.6. The Balaban J connectivity index is 1.63. The molecule has 1 aromatic rings. The van der Waals surface area contributed by atoms with Crippen molar-refractivity contribution in [3.63, 3.8) is 0 Å². The maximum Gasteiger partial charge on any atom is 0.165 e. The van der Waals surface area contributed by atoms with E-state index in [-0.39, 0.29) is 5.82 Å². The molecule has 0 aliphatic heterocycles. The first kappa shape index (κ1) is 17.3. The quantitative estimate of drug-likeness (QED) is 0.579. The van der Waals surface area contributed by atoms with E-state index in [1.54, 1.807) is 18.2 Å². The van der Waals surface area contributed by atoms with E-state index in [1.807, 2.05) is 0 Å². The average Bonchev–Trinajstić information content (AvgIpc) is 2.60. The summed E-state index contributed by atoms with van der Waals surface area (Å²) >= 11 is 0. The lowest BCUT2D eigenvalue weighted by molar-refractivity contribution is 0.133. The minimum Gasteiger partial charge on any atom is -0.486 e. The van der Waals surface area contributed by atoms with Gasteiger partial charge in [0.1, 0.15) is 6.61 Å². The molecule has 2 saturated carbocycles. The number of fused-ring (bicyclic) bond motifs is 1. The van der Waals surface area contributed by atoms with E-state index in [0.29, 0.717) is 18.3 Å². The molecule has 2 heteroatoms. The summed E-state index contributed by atoms with van der Waals surface area (Å²) in [6.07, 6.45) is 13.9. The van der Waals surface area contributed by atoms with Crippen molar-refractivity contribution in [1.29, 1.82) is 0 Å². The zero-order chi connectivity index (χ0) is 16.9. The molecule has 0 radical (unpaired) electrons. The lowest BCUT2D eigenvalue weighted by Crippen LogP contribution is -2.30. The predicted octanol–water partition coefficient (Wildman–Crippen LogP) is 6.27. The molecule has 0 aromatic heterocycles. The van der Waals surface area contributed by atoms with Gasteiger partial charge >= 0.3 is 0 Å². The minimum absolute atomic E-state index is 0.242. The fourth-order valence-corrected chi connectivity index (χ4v) is 4.71. The summed E-state index contributed by atoms with van der Waals surface area (Å²) in [5.41, 5.74) is 1.15. The third kappa shape index (κ3) is 3.91. The molecule has 130 valence electrons. The molecular weight excluding hydrogens is 299 g/mol. The van der Waals surface area contributed by atoms with Crippen molar-refractivity contribution in [1.82, 2.24) is 0 Å². The number of hydrogen-bond acceptors (Lipinski definition) is 1. The standard InChI is InChI=1S/C22H29FO/c1-3-5-16-6-7-18-14-19(9-8-17(18)13-16)20-10-11-22(21(23)15-20)24-12-4-2/h3-5,10-11,15-19H,2,6-9,12-14H2,1H3/t16-,17-,18-,19?/m1/s1. The smallest absolute Gasteiger partial charge is 0.165 e. The highest BCUT2D eigenvalue weighted by Gasteiger charge is 2.35. The molecule has 3 rings (SSSR count). The van der Waals surface area contributed by atoms with Crippen LogP contribution in [0.25, 0.3) is 0 Å². The van der Waals surface area contributed by atoms with Crippen LogP contribution in [-0.2, 0) is 0 Å². The lowest BCUT2D eigenvalue weighted by Gasteiger charge is -2.41. The van der Waals surface area contributed by atoms with Crippen molar-refractivity contribution in [3.8, 4) is 5.75 Å². The van der Waals surface area contributed by atoms with Crippen LogP contribution in [0.2, 0.25) is 0 Å². The molecule has 0 heterocycles. The molecule has 0 bridgehead atoms. The van der Waals surface area contributed by atoms with Gasteiger partial charge < -0.3 is 4.74 Å². The lowest BCUT2D eigenvalue weighted by atomic mass is 9.64. The predicted molar refractivity (Wildman–Crippen MR) is 97.8 cm³/mol. The zero-order valence-electron chi connectivity index (χ0n) is 14.7. The molecule has 1 nitrogen and oxygen atoms in total. The molecule has 2 fully saturated rings. The second-order valence-electron chi connectivity index (χ2n) is 7.42. The summed E-state index contributed by atoms with van der Waals surface area (Å²) in [5, 5.41) is 0. The molecule has 2 aliphatic rings. The van der Waals surface area contributed by atoms with Gasteiger partial charge in [-0.3, -0.25) is 0 Å². The van der Waals surface area contributed by atoms with Gasteiger partial charge in [0.15, 0.2) is 11.6 Å². The second kappa shape index (κ2) is 8.00. The zero-order valence-corrected chi connectivity index (χ0v) is 14.7. The van der Waals surface area contributed by atoms with Crippen molar-refractivity contribution in [2.75, 3.05) is 6.61 Å². The van der Waals surface area contributed by atoms with Crippen molar-refractivity contribution >= 4 is 0 Å². The van der Waals surface area contributed by atoms with Gasteiger partial charge in [-0.25, -0.2) is 4.39 Å². The van der Waals surface area contributed by atoms with Crippen molar-refractivity contribution in [3.05, 3.63) is 54.4 Å². The normalized spacial score (nSPS) is 30.1. The molecule has 24 heavy (non-hydrogen) atoms. The second-order valence-corrected chi connectivity index (χ2v) is 7.42. The number of hydrogen-bond donors (Lipinski definition) is 0. The van der Waals surface area contributed by atoms with Crippen LogP contribution < -0.4 is 4.74 Å². The Morgan fingerprint density at radius 2 is 1.96 bits per heavy atom. The number of halogens is 1. The van der Waals surface area contributed by atoms with E-state index >= 15 is 0 Å². The van der Waals surface area contributed by atoms with Gasteiger partial charge in [0.25, 0.3) is 0 Å². The molecule has 0 saturated heterocycles. The Labute approximate surface area is 145 Å². The van der Waals surface area contributed by atoms with Crippen LogP contribution >= 0.6 is 0 Å². The monoisotopic (exact) mass is 328 g/mol. The van der Waals surface area contributed by atoms with E-state index in [0.717, 1.165) is 23.3 Å². The van der Waals surface area contributed by atoms with Crippen LogP contribution in [0.15, 0.2) is 43.0 Å². The molecule has 1 aromatic carbocycles. The van der Waals surface area contributed by atoms with E-state index in [9.17, 15) is 4.39 Å².